The van der Waals surface area contributed by atoms with Crippen LogP contribution in [0.3, 0.4) is 0 Å². The third-order valence-electron chi connectivity index (χ3n) is 6.05. The van der Waals surface area contributed by atoms with Crippen LogP contribution < -0.4 is 15.6 Å². The molecule has 4 rings (SSSR count). The lowest BCUT2D eigenvalue weighted by Crippen LogP contribution is -2.45. The summed E-state index contributed by atoms with van der Waals surface area (Å²) < 4.78 is 46.4. The number of benzene rings is 1. The largest absolute Gasteiger partial charge is 0.490 e. The number of aryl methyl sites for hydroxylation is 1. The second-order valence-corrected chi connectivity index (χ2v) is 8.92. The molecule has 0 saturated carbocycles. The standard InChI is InChI=1S/C26H27F3N6O3/c1-33-9-11-35(12-10-33)13-14-38-21-6-5-19(25-30-16-22(32-25)26(27,28)29)15-20(21)31-23(36)7-3-18-4-8-24(37)34(2)17-18/h4-6,8,15-17H,9-14H2,1-2H3,(H,30,32)(H,31,36). The van der Waals surface area contributed by atoms with Crippen molar-refractivity contribution in [3.05, 3.63) is 64.3 Å². The van der Waals surface area contributed by atoms with Crippen molar-refractivity contribution in [3.63, 3.8) is 0 Å². The maximum absolute atomic E-state index is 13.0. The molecule has 1 aromatic carbocycles. The molecule has 0 atom stereocenters. The number of amides is 1. The molecular formula is C26H27F3N6O3. The molecule has 2 aromatic heterocycles. The monoisotopic (exact) mass is 528 g/mol. The Morgan fingerprint density at radius 1 is 1.16 bits per heavy atom. The van der Waals surface area contributed by atoms with Gasteiger partial charge in [0.2, 0.25) is 5.56 Å². The molecule has 3 aromatic rings. The highest BCUT2D eigenvalue weighted by Crippen LogP contribution is 2.32. The molecule has 9 nitrogen and oxygen atoms in total. The van der Waals surface area contributed by atoms with Gasteiger partial charge >= 0.3 is 12.1 Å². The first-order valence-corrected chi connectivity index (χ1v) is 11.9. The summed E-state index contributed by atoms with van der Waals surface area (Å²) in [6.45, 7) is 4.81. The Kier molecular flexibility index (Phi) is 8.19. The molecule has 1 aliphatic rings. The lowest BCUT2D eigenvalue weighted by Gasteiger charge is -2.32. The first-order chi connectivity index (χ1) is 18.1. The smallest absolute Gasteiger partial charge is 0.432 e. The number of anilines is 1. The molecule has 3 heterocycles. The van der Waals surface area contributed by atoms with Gasteiger partial charge in [-0.1, -0.05) is 5.92 Å². The zero-order valence-electron chi connectivity index (χ0n) is 20.9. The summed E-state index contributed by atoms with van der Waals surface area (Å²) in [5, 5.41) is 2.66. The van der Waals surface area contributed by atoms with Crippen LogP contribution in [0.15, 0.2) is 47.5 Å². The van der Waals surface area contributed by atoms with Gasteiger partial charge in [-0.3, -0.25) is 14.5 Å². The minimum atomic E-state index is -4.56. The number of aromatic nitrogens is 3. The Morgan fingerprint density at radius 2 is 1.92 bits per heavy atom. The van der Waals surface area contributed by atoms with Crippen LogP contribution in [0.2, 0.25) is 0 Å². The van der Waals surface area contributed by atoms with Gasteiger partial charge in [-0.15, -0.1) is 0 Å². The number of pyridine rings is 1. The second kappa shape index (κ2) is 11.5. The Balaban J connectivity index is 1.53. The summed E-state index contributed by atoms with van der Waals surface area (Å²) >= 11 is 0. The van der Waals surface area contributed by atoms with E-state index in [9.17, 15) is 22.8 Å². The normalized spacial score (nSPS) is 14.6. The number of nitrogens with one attached hydrogen (secondary N) is 2. The molecule has 12 heteroatoms. The van der Waals surface area contributed by atoms with E-state index < -0.39 is 17.8 Å². The van der Waals surface area contributed by atoms with Gasteiger partial charge in [0.05, 0.1) is 11.9 Å². The van der Waals surface area contributed by atoms with Crippen LogP contribution in [0.1, 0.15) is 11.3 Å². The molecular weight excluding hydrogens is 501 g/mol. The van der Waals surface area contributed by atoms with E-state index in [1.54, 1.807) is 19.2 Å². The summed E-state index contributed by atoms with van der Waals surface area (Å²) in [6.07, 6.45) is -2.34. The van der Waals surface area contributed by atoms with Gasteiger partial charge in [-0.05, 0) is 31.3 Å². The summed E-state index contributed by atoms with van der Waals surface area (Å²) in [5.41, 5.74) is -0.149. The number of aromatic amines is 1. The van der Waals surface area contributed by atoms with Crippen molar-refractivity contribution in [1.82, 2.24) is 24.3 Å². The zero-order valence-corrected chi connectivity index (χ0v) is 20.9. The third-order valence-corrected chi connectivity index (χ3v) is 6.05. The molecule has 200 valence electrons. The molecule has 38 heavy (non-hydrogen) atoms. The molecule has 1 aliphatic heterocycles. The highest BCUT2D eigenvalue weighted by molar-refractivity contribution is 6.05. The number of alkyl halides is 3. The summed E-state index contributed by atoms with van der Waals surface area (Å²) in [4.78, 5) is 34.8. The predicted octanol–water partition coefficient (Wildman–Crippen LogP) is 2.41. The highest BCUT2D eigenvalue weighted by atomic mass is 19.4. The van der Waals surface area contributed by atoms with Crippen molar-refractivity contribution in [2.45, 2.75) is 6.18 Å². The van der Waals surface area contributed by atoms with Crippen LogP contribution >= 0.6 is 0 Å². The number of H-pyrrole nitrogens is 1. The number of ether oxygens (including phenoxy) is 1. The number of piperazine rings is 1. The van der Waals surface area contributed by atoms with Crippen molar-refractivity contribution in [2.24, 2.45) is 7.05 Å². The molecule has 2 N–H and O–H groups in total. The Hall–Kier alpha value is -4.08. The van der Waals surface area contributed by atoms with Crippen LogP contribution in [0.4, 0.5) is 18.9 Å². The number of carbonyl (C=O) groups is 1. The van der Waals surface area contributed by atoms with E-state index in [-0.39, 0.29) is 17.1 Å². The quantitative estimate of drug-likeness (QED) is 0.478. The lowest BCUT2D eigenvalue weighted by atomic mass is 10.1. The fourth-order valence-corrected chi connectivity index (χ4v) is 3.82. The number of likely N-dealkylation sites (N-methyl/N-ethyl adjacent to an activating group) is 1. The Bertz CT molecular complexity index is 1410. The van der Waals surface area contributed by atoms with Crippen LogP contribution in [-0.4, -0.2) is 76.6 Å². The van der Waals surface area contributed by atoms with E-state index in [1.165, 1.54) is 29.0 Å². The maximum atomic E-state index is 13.0. The minimum Gasteiger partial charge on any atom is -0.490 e. The van der Waals surface area contributed by atoms with Crippen LogP contribution in [-0.2, 0) is 18.0 Å². The number of carbonyl (C=O) groups excluding carboxylic acids is 1. The number of halogens is 3. The van der Waals surface area contributed by atoms with Gasteiger partial charge in [0, 0.05) is 69.1 Å². The Morgan fingerprint density at radius 3 is 2.61 bits per heavy atom. The topological polar surface area (TPSA) is 95.5 Å². The van der Waals surface area contributed by atoms with E-state index in [1.807, 2.05) is 0 Å². The molecule has 1 saturated heterocycles. The van der Waals surface area contributed by atoms with Gasteiger partial charge in [0.1, 0.15) is 23.9 Å². The molecule has 0 spiro atoms. The number of nitrogens with zero attached hydrogens (tertiary/aromatic N) is 4. The van der Waals surface area contributed by atoms with Crippen LogP contribution in [0.5, 0.6) is 5.75 Å². The number of hydrogen-bond acceptors (Lipinski definition) is 6. The maximum Gasteiger partial charge on any atom is 0.432 e. The molecule has 1 fully saturated rings. The van der Waals surface area contributed by atoms with Crippen molar-refractivity contribution in [2.75, 3.05) is 51.7 Å². The average Bonchev–Trinajstić information content (AvgIpc) is 3.38. The van der Waals surface area contributed by atoms with Gasteiger partial charge in [0.15, 0.2) is 0 Å². The lowest BCUT2D eigenvalue weighted by molar-refractivity contribution is -0.140. The van der Waals surface area contributed by atoms with Crippen molar-refractivity contribution in [3.8, 4) is 29.0 Å². The molecule has 0 radical (unpaired) electrons. The fourth-order valence-electron chi connectivity index (χ4n) is 3.82. The number of imidazole rings is 1. The van der Waals surface area contributed by atoms with E-state index in [0.29, 0.717) is 36.2 Å². The van der Waals surface area contributed by atoms with Crippen LogP contribution in [0.25, 0.3) is 11.4 Å². The average molecular weight is 529 g/mol. The van der Waals surface area contributed by atoms with E-state index in [0.717, 1.165) is 26.2 Å². The summed E-state index contributed by atoms with van der Waals surface area (Å²) in [6, 6.07) is 7.47. The minimum absolute atomic E-state index is 0.00639. The first kappa shape index (κ1) is 27.0. The van der Waals surface area contributed by atoms with E-state index >= 15 is 0 Å². The Labute approximate surface area is 217 Å². The van der Waals surface area contributed by atoms with Gasteiger partial charge < -0.3 is 24.5 Å². The molecule has 0 bridgehead atoms. The zero-order chi connectivity index (χ0) is 27.3. The number of hydrogen-bond donors (Lipinski definition) is 2. The highest BCUT2D eigenvalue weighted by Gasteiger charge is 2.33. The van der Waals surface area contributed by atoms with Gasteiger partial charge in [-0.2, -0.15) is 13.2 Å². The SMILES string of the molecule is CN1CCN(CCOc2ccc(-c3ncc(C(F)(F)F)[nH]3)cc2NC(=O)C#Cc2ccc(=O)n(C)c2)CC1. The van der Waals surface area contributed by atoms with Crippen molar-refractivity contribution < 1.29 is 22.7 Å². The van der Waals surface area contributed by atoms with Crippen LogP contribution in [0, 0.1) is 11.8 Å². The summed E-state index contributed by atoms with van der Waals surface area (Å²) in [7, 11) is 3.65. The molecule has 1 amide bonds. The van der Waals surface area contributed by atoms with E-state index in [4.69, 9.17) is 4.74 Å². The molecule has 0 unspecified atom stereocenters. The number of rotatable bonds is 6. The van der Waals surface area contributed by atoms with Gasteiger partial charge in [-0.25, -0.2) is 4.98 Å². The molecule has 0 aliphatic carbocycles. The van der Waals surface area contributed by atoms with E-state index in [2.05, 4.69) is 44.0 Å². The third kappa shape index (κ3) is 7.02. The van der Waals surface area contributed by atoms with Crippen molar-refractivity contribution >= 4 is 11.6 Å². The summed E-state index contributed by atoms with van der Waals surface area (Å²) in [5.74, 6) is 4.84. The first-order valence-electron chi connectivity index (χ1n) is 11.9. The fraction of sp³-hybridized carbons (Fsp3) is 0.346. The van der Waals surface area contributed by atoms with Gasteiger partial charge in [0.25, 0.3) is 0 Å². The predicted molar refractivity (Wildman–Crippen MR) is 136 cm³/mol. The van der Waals surface area contributed by atoms with Crippen molar-refractivity contribution in [1.29, 1.82) is 0 Å². The second-order valence-electron chi connectivity index (χ2n) is 8.92.